The van der Waals surface area contributed by atoms with Crippen LogP contribution in [0.1, 0.15) is 5.89 Å². The van der Waals surface area contributed by atoms with E-state index in [1.807, 2.05) is 36.4 Å². The summed E-state index contributed by atoms with van der Waals surface area (Å²) in [5, 5.41) is 19.7. The quantitative estimate of drug-likeness (QED) is 0.544. The Bertz CT molecular complexity index is 968. The molecular weight excluding hydrogens is 344 g/mol. The average Bonchev–Trinajstić information content (AvgIpc) is 3.33. The molecule has 0 fully saturated rings. The Hall–Kier alpha value is -3.26. The summed E-state index contributed by atoms with van der Waals surface area (Å²) in [5.74, 6) is 1.43. The molecule has 9 heteroatoms. The van der Waals surface area contributed by atoms with E-state index in [0.29, 0.717) is 22.6 Å². The first kappa shape index (κ1) is 15.3. The van der Waals surface area contributed by atoms with Gasteiger partial charge in [0.1, 0.15) is 12.1 Å². The van der Waals surface area contributed by atoms with Crippen LogP contribution in [0.5, 0.6) is 5.75 Å². The van der Waals surface area contributed by atoms with Crippen LogP contribution in [0.15, 0.2) is 59.3 Å². The Morgan fingerprint density at radius 1 is 1.08 bits per heavy atom. The van der Waals surface area contributed by atoms with Gasteiger partial charge in [-0.25, -0.2) is 4.68 Å². The number of aromatic nitrogens is 6. The van der Waals surface area contributed by atoms with Crippen LogP contribution in [0.2, 0.25) is 5.02 Å². The number of ether oxygens (including phenoxy) is 1. The number of hydrogen-bond acceptors (Lipinski definition) is 7. The third-order valence-electron chi connectivity index (χ3n) is 3.35. The molecule has 0 aliphatic rings. The number of benzene rings is 2. The lowest BCUT2D eigenvalue weighted by Crippen LogP contribution is -1.98. The zero-order chi connectivity index (χ0) is 17.1. The van der Waals surface area contributed by atoms with Gasteiger partial charge in [-0.1, -0.05) is 17.7 Å². The highest BCUT2D eigenvalue weighted by atomic mass is 35.5. The van der Waals surface area contributed by atoms with Gasteiger partial charge >= 0.3 is 0 Å². The Morgan fingerprint density at radius 3 is 2.76 bits per heavy atom. The summed E-state index contributed by atoms with van der Waals surface area (Å²) in [7, 11) is 0. The maximum Gasteiger partial charge on any atom is 0.254 e. The standard InChI is InChI=1S/C16H11ClN6O2/c17-12-6-4-11(5-7-12)16-20-19-15(25-16)9-24-14-3-1-2-13(8-14)23-10-18-21-22-23/h1-8,10H,9H2. The first-order valence-electron chi connectivity index (χ1n) is 7.32. The minimum Gasteiger partial charge on any atom is -0.484 e. The molecule has 0 radical (unpaired) electrons. The molecule has 4 aromatic rings. The minimum absolute atomic E-state index is 0.152. The van der Waals surface area contributed by atoms with Gasteiger partial charge in [0.25, 0.3) is 5.89 Å². The molecule has 4 rings (SSSR count). The first-order valence-corrected chi connectivity index (χ1v) is 7.70. The highest BCUT2D eigenvalue weighted by molar-refractivity contribution is 6.30. The number of hydrogen-bond donors (Lipinski definition) is 0. The van der Waals surface area contributed by atoms with E-state index in [-0.39, 0.29) is 6.61 Å². The number of nitrogens with zero attached hydrogens (tertiary/aromatic N) is 6. The molecule has 8 nitrogen and oxygen atoms in total. The van der Waals surface area contributed by atoms with E-state index in [2.05, 4.69) is 25.7 Å². The van der Waals surface area contributed by atoms with Gasteiger partial charge in [0, 0.05) is 16.7 Å². The predicted molar refractivity (Wildman–Crippen MR) is 88.2 cm³/mol. The fourth-order valence-corrected chi connectivity index (χ4v) is 2.29. The molecule has 2 aromatic heterocycles. The summed E-state index contributed by atoms with van der Waals surface area (Å²) in [6.45, 7) is 0.152. The van der Waals surface area contributed by atoms with Gasteiger partial charge < -0.3 is 9.15 Å². The van der Waals surface area contributed by atoms with E-state index < -0.39 is 0 Å². The van der Waals surface area contributed by atoms with Crippen LogP contribution >= 0.6 is 11.6 Å². The van der Waals surface area contributed by atoms with Crippen LogP contribution in [0, 0.1) is 0 Å². The van der Waals surface area contributed by atoms with Gasteiger partial charge in [-0.2, -0.15) is 0 Å². The predicted octanol–water partition coefficient (Wildman–Crippen LogP) is 2.94. The van der Waals surface area contributed by atoms with Crippen LogP contribution in [0.4, 0.5) is 0 Å². The highest BCUT2D eigenvalue weighted by Crippen LogP contribution is 2.21. The molecule has 0 saturated heterocycles. The van der Waals surface area contributed by atoms with Crippen molar-refractivity contribution in [2.24, 2.45) is 0 Å². The smallest absolute Gasteiger partial charge is 0.254 e. The van der Waals surface area contributed by atoms with Gasteiger partial charge in [-0.3, -0.25) is 0 Å². The summed E-state index contributed by atoms with van der Waals surface area (Å²) in [6, 6.07) is 14.5. The molecule has 0 bridgehead atoms. The molecule has 0 N–H and O–H groups in total. The van der Waals surface area contributed by atoms with Gasteiger partial charge in [-0.15, -0.1) is 15.3 Å². The Balaban J connectivity index is 1.45. The number of rotatable bonds is 5. The van der Waals surface area contributed by atoms with Crippen molar-refractivity contribution in [1.82, 2.24) is 30.4 Å². The third-order valence-corrected chi connectivity index (χ3v) is 3.60. The van der Waals surface area contributed by atoms with E-state index in [9.17, 15) is 0 Å². The molecule has 0 atom stereocenters. The van der Waals surface area contributed by atoms with E-state index in [1.165, 1.54) is 11.0 Å². The SMILES string of the molecule is Clc1ccc(-c2nnc(COc3cccc(-n4cnnn4)c3)o2)cc1. The molecule has 0 saturated carbocycles. The number of tetrazole rings is 1. The molecule has 0 aliphatic carbocycles. The van der Waals surface area contributed by atoms with Crippen LogP contribution in [0.3, 0.4) is 0 Å². The van der Waals surface area contributed by atoms with E-state index in [0.717, 1.165) is 11.3 Å². The van der Waals surface area contributed by atoms with E-state index in [1.54, 1.807) is 12.1 Å². The molecular formula is C16H11ClN6O2. The van der Waals surface area contributed by atoms with Crippen LogP contribution in [-0.2, 0) is 6.61 Å². The van der Waals surface area contributed by atoms with Crippen molar-refractivity contribution in [2.75, 3.05) is 0 Å². The molecule has 0 amide bonds. The van der Waals surface area contributed by atoms with Gasteiger partial charge in [0.15, 0.2) is 6.61 Å². The summed E-state index contributed by atoms with van der Waals surface area (Å²) in [4.78, 5) is 0. The number of halogens is 1. The molecule has 0 unspecified atom stereocenters. The molecule has 0 spiro atoms. The lowest BCUT2D eigenvalue weighted by molar-refractivity contribution is 0.264. The maximum atomic E-state index is 5.87. The molecule has 124 valence electrons. The van der Waals surface area contributed by atoms with Crippen molar-refractivity contribution in [3.63, 3.8) is 0 Å². The lowest BCUT2D eigenvalue weighted by atomic mass is 10.2. The van der Waals surface area contributed by atoms with Crippen LogP contribution in [-0.4, -0.2) is 30.4 Å². The Labute approximate surface area is 147 Å². The molecule has 0 aliphatic heterocycles. The van der Waals surface area contributed by atoms with Crippen LogP contribution in [0.25, 0.3) is 17.1 Å². The minimum atomic E-state index is 0.152. The van der Waals surface area contributed by atoms with Crippen molar-refractivity contribution < 1.29 is 9.15 Å². The zero-order valence-electron chi connectivity index (χ0n) is 12.8. The van der Waals surface area contributed by atoms with E-state index >= 15 is 0 Å². The second-order valence-electron chi connectivity index (χ2n) is 5.05. The summed E-state index contributed by atoms with van der Waals surface area (Å²) in [6.07, 6.45) is 1.51. The van der Waals surface area contributed by atoms with Crippen molar-refractivity contribution in [3.05, 3.63) is 65.8 Å². The Morgan fingerprint density at radius 2 is 1.96 bits per heavy atom. The third kappa shape index (κ3) is 3.48. The monoisotopic (exact) mass is 354 g/mol. The van der Waals surface area contributed by atoms with Crippen molar-refractivity contribution in [2.45, 2.75) is 6.61 Å². The van der Waals surface area contributed by atoms with Crippen LogP contribution < -0.4 is 4.74 Å². The molecule has 2 heterocycles. The fourth-order valence-electron chi connectivity index (χ4n) is 2.16. The zero-order valence-corrected chi connectivity index (χ0v) is 13.5. The largest absolute Gasteiger partial charge is 0.484 e. The van der Waals surface area contributed by atoms with Crippen molar-refractivity contribution in [1.29, 1.82) is 0 Å². The van der Waals surface area contributed by atoms with Crippen molar-refractivity contribution >= 4 is 11.6 Å². The topological polar surface area (TPSA) is 91.8 Å². The van der Waals surface area contributed by atoms with Gasteiger partial charge in [0.2, 0.25) is 5.89 Å². The summed E-state index contributed by atoms with van der Waals surface area (Å²) in [5.41, 5.74) is 1.58. The Kier molecular flexibility index (Phi) is 4.09. The van der Waals surface area contributed by atoms with E-state index in [4.69, 9.17) is 20.8 Å². The lowest BCUT2D eigenvalue weighted by Gasteiger charge is -2.05. The van der Waals surface area contributed by atoms with Gasteiger partial charge in [0.05, 0.1) is 5.69 Å². The average molecular weight is 355 g/mol. The highest BCUT2D eigenvalue weighted by Gasteiger charge is 2.09. The second-order valence-corrected chi connectivity index (χ2v) is 5.48. The first-order chi connectivity index (χ1) is 12.3. The van der Waals surface area contributed by atoms with Gasteiger partial charge in [-0.05, 0) is 46.8 Å². The maximum absolute atomic E-state index is 5.87. The summed E-state index contributed by atoms with van der Waals surface area (Å²) < 4.78 is 12.8. The normalized spacial score (nSPS) is 10.8. The molecule has 25 heavy (non-hydrogen) atoms. The van der Waals surface area contributed by atoms with Crippen molar-refractivity contribution in [3.8, 4) is 22.9 Å². The second kappa shape index (κ2) is 6.70. The summed E-state index contributed by atoms with van der Waals surface area (Å²) >= 11 is 5.87. The molecule has 2 aromatic carbocycles. The fraction of sp³-hybridized carbons (Fsp3) is 0.0625.